The van der Waals surface area contributed by atoms with Crippen molar-refractivity contribution in [2.45, 2.75) is 109 Å². The summed E-state index contributed by atoms with van der Waals surface area (Å²) in [7, 11) is 0. The summed E-state index contributed by atoms with van der Waals surface area (Å²) in [6.45, 7) is 39.2. The summed E-state index contributed by atoms with van der Waals surface area (Å²) in [5.41, 5.74) is 16.9. The Labute approximate surface area is 256 Å². The van der Waals surface area contributed by atoms with Crippen molar-refractivity contribution < 1.29 is 4.79 Å². The Bertz CT molecular complexity index is 993. The highest BCUT2D eigenvalue weighted by Gasteiger charge is 2.25. The molecule has 1 atom stereocenters. The fourth-order valence-electron chi connectivity index (χ4n) is 4.18. The Hall–Kier alpha value is -2.71. The van der Waals surface area contributed by atoms with Gasteiger partial charge in [0.05, 0.1) is 0 Å². The number of carbonyl (C=O) groups excluding carboxylic acids is 1. The van der Waals surface area contributed by atoms with Gasteiger partial charge in [-0.05, 0) is 119 Å². The lowest BCUT2D eigenvalue weighted by Crippen LogP contribution is -2.18. The molecule has 0 amide bonds. The molecule has 0 aliphatic heterocycles. The molecule has 0 spiro atoms. The number of fused-ring (bicyclic) bond motifs is 1. The maximum absolute atomic E-state index is 8.00. The number of allylic oxidation sites excluding steroid dienone is 7. The summed E-state index contributed by atoms with van der Waals surface area (Å²) in [6, 6.07) is 2.38. The molecule has 2 heteroatoms. The van der Waals surface area contributed by atoms with E-state index in [4.69, 9.17) is 10.5 Å². The normalized spacial score (nSPS) is 15.5. The van der Waals surface area contributed by atoms with Crippen LogP contribution >= 0.6 is 0 Å². The first-order chi connectivity index (χ1) is 19.2. The van der Waals surface area contributed by atoms with Crippen molar-refractivity contribution >= 4 is 18.9 Å². The van der Waals surface area contributed by atoms with Crippen LogP contribution in [-0.2, 0) is 17.6 Å². The van der Waals surface area contributed by atoms with Crippen LogP contribution in [0, 0.1) is 24.2 Å². The average Bonchev–Trinajstić information content (AvgIpc) is 3.70. The standard InChI is InChI=1S/C19H24.C9H14.C5H13N.C3H6.C2H6.CH2O/c1-5-15-11-17-8-12(2)9-18(17)14(4)19(15)10-13(3)16-6-7-16;1-5-6-9(4)7-8(2)3;1-5(2,3)4-6;1-3-2;2*1-2/h5,10-12,16H,1,6-9H2,2-4H3;5-7H,2H2,1,3-4H3;4,6H2,1-3H3;3H,1H2,2H3;1-2H3;1H2/b13-10+;6-5-,9-7-;;;;. The zero-order valence-electron chi connectivity index (χ0n) is 29.0. The van der Waals surface area contributed by atoms with Crippen LogP contribution in [0.3, 0.4) is 0 Å². The molecule has 1 unspecified atom stereocenters. The largest absolute Gasteiger partial charge is 0.330 e. The molecule has 1 saturated carbocycles. The zero-order chi connectivity index (χ0) is 32.8. The summed E-state index contributed by atoms with van der Waals surface area (Å²) in [5, 5.41) is 0. The van der Waals surface area contributed by atoms with Crippen LogP contribution in [0.15, 0.2) is 66.8 Å². The van der Waals surface area contributed by atoms with Gasteiger partial charge in [-0.2, -0.15) is 0 Å². The molecule has 2 aliphatic rings. The van der Waals surface area contributed by atoms with Crippen molar-refractivity contribution in [3.05, 3.63) is 94.6 Å². The van der Waals surface area contributed by atoms with E-state index in [-0.39, 0.29) is 0 Å². The van der Waals surface area contributed by atoms with Gasteiger partial charge < -0.3 is 10.5 Å². The van der Waals surface area contributed by atoms with Gasteiger partial charge in [0.15, 0.2) is 0 Å². The predicted molar refractivity (Wildman–Crippen MR) is 190 cm³/mol. The Kier molecular flexibility index (Phi) is 25.0. The molecule has 1 aromatic rings. The van der Waals surface area contributed by atoms with Crippen LogP contribution in [0.2, 0.25) is 0 Å². The lowest BCUT2D eigenvalue weighted by molar-refractivity contribution is -0.0980. The number of hydrogen-bond acceptors (Lipinski definition) is 2. The lowest BCUT2D eigenvalue weighted by atomic mass is 9.92. The van der Waals surface area contributed by atoms with Crippen LogP contribution in [0.25, 0.3) is 12.2 Å². The van der Waals surface area contributed by atoms with Gasteiger partial charge in [-0.15, -0.1) is 6.58 Å². The third-order valence-electron chi connectivity index (χ3n) is 6.34. The van der Waals surface area contributed by atoms with Crippen LogP contribution < -0.4 is 5.73 Å². The molecule has 3 rings (SSSR count). The number of hydrogen-bond donors (Lipinski definition) is 1. The van der Waals surface area contributed by atoms with Gasteiger partial charge in [0.1, 0.15) is 6.79 Å². The number of nitrogens with two attached hydrogens (primary N) is 1. The highest BCUT2D eigenvalue weighted by molar-refractivity contribution is 5.71. The summed E-state index contributed by atoms with van der Waals surface area (Å²) < 4.78 is 0. The number of benzene rings is 1. The minimum Gasteiger partial charge on any atom is -0.330 e. The molecule has 2 N–H and O–H groups in total. The molecule has 1 fully saturated rings. The highest BCUT2D eigenvalue weighted by atomic mass is 16.1. The minimum atomic E-state index is 0.319. The molecular weight excluding hydrogens is 498 g/mol. The van der Waals surface area contributed by atoms with Gasteiger partial charge in [-0.3, -0.25) is 0 Å². The van der Waals surface area contributed by atoms with Crippen LogP contribution in [0.1, 0.15) is 117 Å². The fraction of sp³-hybridized carbons (Fsp3) is 0.513. The Morgan fingerprint density at radius 1 is 1.05 bits per heavy atom. The molecule has 1 aromatic carbocycles. The Balaban J connectivity index is -0.000000552. The van der Waals surface area contributed by atoms with Gasteiger partial charge in [-0.25, -0.2) is 0 Å². The molecular formula is C39H65NO. The first-order valence-corrected chi connectivity index (χ1v) is 15.2. The van der Waals surface area contributed by atoms with E-state index in [0.717, 1.165) is 24.0 Å². The molecule has 41 heavy (non-hydrogen) atoms. The first-order valence-electron chi connectivity index (χ1n) is 15.2. The van der Waals surface area contributed by atoms with E-state index in [1.165, 1.54) is 47.9 Å². The second kappa shape index (κ2) is 23.9. The van der Waals surface area contributed by atoms with Crippen molar-refractivity contribution in [3.8, 4) is 0 Å². The monoisotopic (exact) mass is 564 g/mol. The van der Waals surface area contributed by atoms with E-state index in [1.807, 2.05) is 53.6 Å². The number of carbonyl (C=O) groups is 1. The molecule has 0 aromatic heterocycles. The van der Waals surface area contributed by atoms with E-state index in [9.17, 15) is 0 Å². The van der Waals surface area contributed by atoms with Crippen molar-refractivity contribution in [3.63, 3.8) is 0 Å². The second-order valence-corrected chi connectivity index (χ2v) is 11.9. The second-order valence-electron chi connectivity index (χ2n) is 11.9. The van der Waals surface area contributed by atoms with E-state index >= 15 is 0 Å². The average molecular weight is 564 g/mol. The van der Waals surface area contributed by atoms with Crippen molar-refractivity contribution in [1.82, 2.24) is 0 Å². The molecule has 232 valence electrons. The minimum absolute atomic E-state index is 0.319. The maximum Gasteiger partial charge on any atom is 0.106 e. The molecule has 0 radical (unpaired) electrons. The van der Waals surface area contributed by atoms with Gasteiger partial charge in [0.25, 0.3) is 0 Å². The Morgan fingerprint density at radius 2 is 1.54 bits per heavy atom. The van der Waals surface area contributed by atoms with E-state index in [2.05, 4.69) is 92.5 Å². The summed E-state index contributed by atoms with van der Waals surface area (Å²) in [6.07, 6.45) is 17.6. The first kappa shape index (κ1) is 42.8. The van der Waals surface area contributed by atoms with Gasteiger partial charge in [0, 0.05) is 0 Å². The molecule has 0 heterocycles. The van der Waals surface area contributed by atoms with Crippen molar-refractivity contribution in [1.29, 1.82) is 0 Å². The SMILES string of the molecule is C=C(C)/C=C(C)\C=C/C.C=CC.C=Cc1cc2c(c(C)c1/C=C(\C)C1CC1)CC(C)C2.C=O.CC.CC(C)(C)CN. The van der Waals surface area contributed by atoms with E-state index < -0.39 is 0 Å². The third kappa shape index (κ3) is 19.9. The zero-order valence-corrected chi connectivity index (χ0v) is 29.0. The summed E-state index contributed by atoms with van der Waals surface area (Å²) in [5.74, 6) is 1.65. The quantitative estimate of drug-likeness (QED) is 0.286. The van der Waals surface area contributed by atoms with E-state index in [0.29, 0.717) is 5.41 Å². The molecule has 0 bridgehead atoms. The van der Waals surface area contributed by atoms with Gasteiger partial charge in [0.2, 0.25) is 0 Å². The van der Waals surface area contributed by atoms with E-state index in [1.54, 1.807) is 22.8 Å². The molecule has 0 saturated heterocycles. The van der Waals surface area contributed by atoms with Crippen molar-refractivity contribution in [2.24, 2.45) is 23.0 Å². The maximum atomic E-state index is 8.00. The Morgan fingerprint density at radius 3 is 1.90 bits per heavy atom. The van der Waals surface area contributed by atoms with Gasteiger partial charge >= 0.3 is 0 Å². The predicted octanol–water partition coefficient (Wildman–Crippen LogP) is 11.3. The fourth-order valence-corrected chi connectivity index (χ4v) is 4.18. The van der Waals surface area contributed by atoms with Crippen LogP contribution in [0.4, 0.5) is 0 Å². The summed E-state index contributed by atoms with van der Waals surface area (Å²) in [4.78, 5) is 8.00. The topological polar surface area (TPSA) is 43.1 Å². The van der Waals surface area contributed by atoms with Crippen LogP contribution in [-0.4, -0.2) is 13.3 Å². The molecule has 2 aliphatic carbocycles. The highest BCUT2D eigenvalue weighted by Crippen LogP contribution is 2.39. The summed E-state index contributed by atoms with van der Waals surface area (Å²) >= 11 is 0. The van der Waals surface area contributed by atoms with Gasteiger partial charge in [-0.1, -0.05) is 114 Å². The van der Waals surface area contributed by atoms with Crippen molar-refractivity contribution in [2.75, 3.05) is 6.54 Å². The van der Waals surface area contributed by atoms with Crippen LogP contribution in [0.5, 0.6) is 0 Å². The smallest absolute Gasteiger partial charge is 0.106 e. The lowest BCUT2D eigenvalue weighted by Gasteiger charge is -2.13. The third-order valence-corrected chi connectivity index (χ3v) is 6.34. The number of rotatable bonds is 5. The molecule has 2 nitrogen and oxygen atoms in total.